The minimum Gasteiger partial charge on any atom is -0.490 e. The van der Waals surface area contributed by atoms with E-state index in [2.05, 4.69) is 10.6 Å². The van der Waals surface area contributed by atoms with Gasteiger partial charge in [-0.3, -0.25) is 4.79 Å². The molecule has 0 saturated carbocycles. The third-order valence-corrected chi connectivity index (χ3v) is 3.10. The molecule has 0 saturated heterocycles. The topological polar surface area (TPSA) is 68.8 Å². The SMILES string of the molecule is COC(CNCC(=O)c1ccc2c(c1)NCCO2)OC. The lowest BCUT2D eigenvalue weighted by molar-refractivity contribution is -0.0983. The number of anilines is 1. The number of rotatable bonds is 7. The molecule has 1 aromatic carbocycles. The highest BCUT2D eigenvalue weighted by Crippen LogP contribution is 2.28. The Morgan fingerprint density at radius 2 is 2.25 bits per heavy atom. The second kappa shape index (κ2) is 7.23. The van der Waals surface area contributed by atoms with Crippen molar-refractivity contribution in [3.8, 4) is 5.75 Å². The van der Waals surface area contributed by atoms with Crippen molar-refractivity contribution in [1.82, 2.24) is 5.32 Å². The molecule has 1 aromatic rings. The van der Waals surface area contributed by atoms with Gasteiger partial charge in [0.1, 0.15) is 12.4 Å². The first-order valence-electron chi connectivity index (χ1n) is 6.55. The Hall–Kier alpha value is -1.63. The first-order chi connectivity index (χ1) is 9.74. The lowest BCUT2D eigenvalue weighted by Gasteiger charge is -2.19. The number of hydrogen-bond acceptors (Lipinski definition) is 6. The molecule has 6 heteroatoms. The van der Waals surface area contributed by atoms with Crippen LogP contribution in [0.5, 0.6) is 5.75 Å². The van der Waals surface area contributed by atoms with Crippen molar-refractivity contribution in [2.45, 2.75) is 6.29 Å². The average molecular weight is 280 g/mol. The predicted octanol–water partition coefficient (Wildman–Crippen LogP) is 0.882. The zero-order chi connectivity index (χ0) is 14.4. The molecular formula is C14H20N2O4. The minimum absolute atomic E-state index is 0.0196. The number of hydrogen-bond donors (Lipinski definition) is 2. The van der Waals surface area contributed by atoms with Gasteiger partial charge in [-0.1, -0.05) is 0 Å². The highest BCUT2D eigenvalue weighted by molar-refractivity contribution is 5.98. The Labute approximate surface area is 118 Å². The first kappa shape index (κ1) is 14.8. The van der Waals surface area contributed by atoms with Gasteiger partial charge in [-0.2, -0.15) is 0 Å². The van der Waals surface area contributed by atoms with E-state index in [9.17, 15) is 4.79 Å². The zero-order valence-corrected chi connectivity index (χ0v) is 11.8. The van der Waals surface area contributed by atoms with E-state index in [0.29, 0.717) is 18.7 Å². The molecule has 2 rings (SSSR count). The molecule has 6 nitrogen and oxygen atoms in total. The molecule has 0 spiro atoms. The summed E-state index contributed by atoms with van der Waals surface area (Å²) in [6, 6.07) is 5.42. The van der Waals surface area contributed by atoms with Crippen LogP contribution in [0.2, 0.25) is 0 Å². The summed E-state index contributed by atoms with van der Waals surface area (Å²) in [6.45, 7) is 2.11. The maximum absolute atomic E-state index is 12.1. The molecule has 0 fully saturated rings. The second-order valence-corrected chi connectivity index (χ2v) is 4.44. The number of ether oxygens (including phenoxy) is 3. The van der Waals surface area contributed by atoms with Gasteiger partial charge in [0.25, 0.3) is 0 Å². The first-order valence-corrected chi connectivity index (χ1v) is 6.55. The van der Waals surface area contributed by atoms with Crippen molar-refractivity contribution in [2.24, 2.45) is 0 Å². The Bertz CT molecular complexity index is 460. The van der Waals surface area contributed by atoms with E-state index in [4.69, 9.17) is 14.2 Å². The summed E-state index contributed by atoms with van der Waals surface area (Å²) < 4.78 is 15.6. The van der Waals surface area contributed by atoms with Crippen LogP contribution in [0.25, 0.3) is 0 Å². The fourth-order valence-electron chi connectivity index (χ4n) is 1.98. The maximum Gasteiger partial charge on any atom is 0.176 e. The van der Waals surface area contributed by atoms with Crippen LogP contribution in [0.4, 0.5) is 5.69 Å². The number of carbonyl (C=O) groups is 1. The van der Waals surface area contributed by atoms with Gasteiger partial charge in [0.15, 0.2) is 12.1 Å². The lowest BCUT2D eigenvalue weighted by Crippen LogP contribution is -2.33. The number of Topliss-reactive ketones (excluding diaryl/α,β-unsaturated/α-hetero) is 1. The van der Waals surface area contributed by atoms with Crippen molar-refractivity contribution in [1.29, 1.82) is 0 Å². The van der Waals surface area contributed by atoms with E-state index < -0.39 is 0 Å². The second-order valence-electron chi connectivity index (χ2n) is 4.44. The third kappa shape index (κ3) is 3.69. The summed E-state index contributed by atoms with van der Waals surface area (Å²) in [5.74, 6) is 0.811. The molecule has 0 amide bonds. The van der Waals surface area contributed by atoms with E-state index in [1.807, 2.05) is 12.1 Å². The van der Waals surface area contributed by atoms with Gasteiger partial charge in [-0.15, -0.1) is 0 Å². The predicted molar refractivity (Wildman–Crippen MR) is 75.4 cm³/mol. The molecule has 1 aliphatic rings. The summed E-state index contributed by atoms with van der Waals surface area (Å²) in [6.07, 6.45) is -0.346. The van der Waals surface area contributed by atoms with Gasteiger partial charge in [-0.25, -0.2) is 0 Å². The van der Waals surface area contributed by atoms with E-state index >= 15 is 0 Å². The van der Waals surface area contributed by atoms with Gasteiger partial charge < -0.3 is 24.8 Å². The molecular weight excluding hydrogens is 260 g/mol. The van der Waals surface area contributed by atoms with Gasteiger partial charge in [0.05, 0.1) is 12.2 Å². The molecule has 0 radical (unpaired) electrons. The van der Waals surface area contributed by atoms with Crippen molar-refractivity contribution >= 4 is 11.5 Å². The standard InChI is InChI=1S/C14H20N2O4/c1-18-14(19-2)9-15-8-12(17)10-3-4-13-11(7-10)16-5-6-20-13/h3-4,7,14-16H,5-6,8-9H2,1-2H3. The Morgan fingerprint density at radius 1 is 1.45 bits per heavy atom. The van der Waals surface area contributed by atoms with Gasteiger partial charge >= 0.3 is 0 Å². The quantitative estimate of drug-likeness (QED) is 0.571. The molecule has 110 valence electrons. The Balaban J connectivity index is 1.89. The fourth-order valence-corrected chi connectivity index (χ4v) is 1.98. The van der Waals surface area contributed by atoms with Crippen molar-refractivity contribution < 1.29 is 19.0 Å². The Morgan fingerprint density at radius 3 is 3.00 bits per heavy atom. The molecule has 20 heavy (non-hydrogen) atoms. The van der Waals surface area contributed by atoms with E-state index in [0.717, 1.165) is 18.0 Å². The zero-order valence-electron chi connectivity index (χ0n) is 11.8. The van der Waals surface area contributed by atoms with Crippen molar-refractivity contribution in [3.05, 3.63) is 23.8 Å². The third-order valence-electron chi connectivity index (χ3n) is 3.10. The van der Waals surface area contributed by atoms with Crippen LogP contribution >= 0.6 is 0 Å². The highest BCUT2D eigenvalue weighted by Gasteiger charge is 2.13. The number of benzene rings is 1. The molecule has 2 N–H and O–H groups in total. The smallest absolute Gasteiger partial charge is 0.176 e. The highest BCUT2D eigenvalue weighted by atomic mass is 16.7. The number of ketones is 1. The Kier molecular flexibility index (Phi) is 5.34. The molecule has 0 bridgehead atoms. The maximum atomic E-state index is 12.1. The number of nitrogens with one attached hydrogen (secondary N) is 2. The molecule has 0 atom stereocenters. The lowest BCUT2D eigenvalue weighted by atomic mass is 10.1. The minimum atomic E-state index is -0.346. The van der Waals surface area contributed by atoms with Gasteiger partial charge in [0, 0.05) is 32.9 Å². The van der Waals surface area contributed by atoms with Crippen LogP contribution in [0, 0.1) is 0 Å². The fraction of sp³-hybridized carbons (Fsp3) is 0.500. The molecule has 0 unspecified atom stereocenters. The van der Waals surface area contributed by atoms with Crippen LogP contribution in [0.15, 0.2) is 18.2 Å². The van der Waals surface area contributed by atoms with Crippen molar-refractivity contribution in [2.75, 3.05) is 45.8 Å². The van der Waals surface area contributed by atoms with Crippen LogP contribution in [0.1, 0.15) is 10.4 Å². The average Bonchev–Trinajstić information content (AvgIpc) is 2.51. The number of methoxy groups -OCH3 is 2. The molecule has 1 aliphatic heterocycles. The van der Waals surface area contributed by atoms with E-state index in [1.165, 1.54) is 0 Å². The normalized spacial score (nSPS) is 13.6. The number of fused-ring (bicyclic) bond motifs is 1. The molecule has 0 aliphatic carbocycles. The number of carbonyl (C=O) groups excluding carboxylic acids is 1. The van der Waals surface area contributed by atoms with Gasteiger partial charge in [0.2, 0.25) is 0 Å². The molecule has 0 aromatic heterocycles. The monoisotopic (exact) mass is 280 g/mol. The van der Waals surface area contributed by atoms with Crippen LogP contribution in [-0.2, 0) is 9.47 Å². The summed E-state index contributed by atoms with van der Waals surface area (Å²) in [4.78, 5) is 12.1. The largest absolute Gasteiger partial charge is 0.490 e. The van der Waals surface area contributed by atoms with Crippen LogP contribution in [0.3, 0.4) is 0 Å². The summed E-state index contributed by atoms with van der Waals surface area (Å²) in [7, 11) is 3.12. The van der Waals surface area contributed by atoms with Crippen molar-refractivity contribution in [3.63, 3.8) is 0 Å². The van der Waals surface area contributed by atoms with E-state index in [-0.39, 0.29) is 18.6 Å². The summed E-state index contributed by atoms with van der Waals surface area (Å²) in [5, 5.41) is 6.23. The van der Waals surface area contributed by atoms with Crippen LogP contribution in [-0.4, -0.2) is 52.5 Å². The van der Waals surface area contributed by atoms with Gasteiger partial charge in [-0.05, 0) is 18.2 Å². The van der Waals surface area contributed by atoms with E-state index in [1.54, 1.807) is 20.3 Å². The molecule has 1 heterocycles. The summed E-state index contributed by atoms with van der Waals surface area (Å²) in [5.41, 5.74) is 1.52. The van der Waals surface area contributed by atoms with Crippen LogP contribution < -0.4 is 15.4 Å². The summed E-state index contributed by atoms with van der Waals surface area (Å²) >= 11 is 0.